The van der Waals surface area contributed by atoms with Gasteiger partial charge in [-0.1, -0.05) is 6.07 Å². The fraction of sp³-hybridized carbons (Fsp3) is 0.214. The van der Waals surface area contributed by atoms with Crippen molar-refractivity contribution in [3.05, 3.63) is 39.6 Å². The molecule has 0 radical (unpaired) electrons. The van der Waals surface area contributed by atoms with Gasteiger partial charge in [-0.25, -0.2) is 0 Å². The average Bonchev–Trinajstić information content (AvgIpc) is 3.09. The molecule has 0 aliphatic carbocycles. The number of carbonyl (C=O) groups excluding carboxylic acids is 3. The van der Waals surface area contributed by atoms with Crippen molar-refractivity contribution < 1.29 is 27.6 Å². The monoisotopic (exact) mass is 376 g/mol. The second-order valence-corrected chi connectivity index (χ2v) is 6.47. The molecule has 1 aromatic rings. The lowest BCUT2D eigenvalue weighted by Gasteiger charge is -2.11. The Balaban J connectivity index is 1.85. The Bertz CT molecular complexity index is 697. The maximum absolute atomic E-state index is 12.1. The van der Waals surface area contributed by atoms with E-state index in [0.717, 1.165) is 27.7 Å². The molecule has 1 aliphatic heterocycles. The van der Waals surface area contributed by atoms with Crippen molar-refractivity contribution in [1.29, 1.82) is 0 Å². The normalized spacial score (nSPS) is 17.3. The molecule has 1 aliphatic rings. The molecule has 2 rings (SSSR count). The smallest absolute Gasteiger partial charge is 0.389 e. The molecular formula is C14H11F3N2O3S2. The minimum absolute atomic E-state index is 0.0169. The van der Waals surface area contributed by atoms with Gasteiger partial charge >= 0.3 is 6.18 Å². The fourth-order valence-corrected chi connectivity index (χ4v) is 3.27. The maximum atomic E-state index is 12.1. The number of halogens is 3. The molecule has 1 saturated heterocycles. The summed E-state index contributed by atoms with van der Waals surface area (Å²) in [5.41, 5.74) is 0. The molecule has 5 nitrogen and oxygen atoms in total. The minimum Gasteiger partial charge on any atom is -0.389 e. The average molecular weight is 376 g/mol. The molecule has 0 saturated carbocycles. The number of nitrogens with zero attached hydrogens (tertiary/aromatic N) is 1. The van der Waals surface area contributed by atoms with Crippen LogP contribution in [0.4, 0.5) is 18.0 Å². The molecule has 1 N–H and O–H groups in total. The molecule has 2 amide bonds. The van der Waals surface area contributed by atoms with Gasteiger partial charge in [0.05, 0.1) is 4.91 Å². The fourth-order valence-electron chi connectivity index (χ4n) is 1.68. The first-order chi connectivity index (χ1) is 11.3. The van der Waals surface area contributed by atoms with Crippen LogP contribution >= 0.6 is 23.1 Å². The number of thiophene rings is 1. The van der Waals surface area contributed by atoms with Crippen molar-refractivity contribution in [2.45, 2.75) is 6.18 Å². The van der Waals surface area contributed by atoms with Gasteiger partial charge in [-0.3, -0.25) is 19.3 Å². The van der Waals surface area contributed by atoms with Crippen LogP contribution in [0, 0.1) is 0 Å². The number of ketones is 1. The van der Waals surface area contributed by atoms with E-state index >= 15 is 0 Å². The molecule has 0 unspecified atom stereocenters. The maximum Gasteiger partial charge on any atom is 0.454 e. The predicted molar refractivity (Wildman–Crippen MR) is 85.2 cm³/mol. The van der Waals surface area contributed by atoms with Gasteiger partial charge in [0.2, 0.25) is 0 Å². The standard InChI is InChI=1S/C14H11F3N2O3S2/c15-14(16,17)11(20)3-4-18-5-6-19-12(21)10(24-13(19)22)8-9-2-1-7-23-9/h1-4,7-8,18H,5-6H2/b4-3+,10-8+. The van der Waals surface area contributed by atoms with E-state index < -0.39 is 23.1 Å². The molecule has 0 bridgehead atoms. The Kier molecular flexibility index (Phi) is 5.84. The molecule has 10 heteroatoms. The Hall–Kier alpha value is -2.07. The summed E-state index contributed by atoms with van der Waals surface area (Å²) < 4.78 is 35.9. The van der Waals surface area contributed by atoms with Crippen LogP contribution in [0.15, 0.2) is 34.7 Å². The molecule has 1 aromatic heterocycles. The first-order valence-corrected chi connectivity index (χ1v) is 8.28. The molecular weight excluding hydrogens is 365 g/mol. The van der Waals surface area contributed by atoms with E-state index in [9.17, 15) is 27.6 Å². The lowest BCUT2D eigenvalue weighted by atomic mass is 10.3. The predicted octanol–water partition coefficient (Wildman–Crippen LogP) is 3.02. The zero-order valence-electron chi connectivity index (χ0n) is 12.0. The summed E-state index contributed by atoms with van der Waals surface area (Å²) in [6, 6.07) is 3.63. The largest absolute Gasteiger partial charge is 0.454 e. The number of alkyl halides is 3. The molecule has 0 spiro atoms. The molecule has 1 fully saturated rings. The van der Waals surface area contributed by atoms with E-state index in [-0.39, 0.29) is 13.1 Å². The van der Waals surface area contributed by atoms with Crippen molar-refractivity contribution in [1.82, 2.24) is 10.2 Å². The van der Waals surface area contributed by atoms with E-state index in [4.69, 9.17) is 0 Å². The van der Waals surface area contributed by atoms with Crippen molar-refractivity contribution in [2.75, 3.05) is 13.1 Å². The van der Waals surface area contributed by atoms with Gasteiger partial charge in [-0.15, -0.1) is 11.3 Å². The number of rotatable bonds is 6. The minimum atomic E-state index is -4.92. The van der Waals surface area contributed by atoms with Crippen LogP contribution < -0.4 is 5.32 Å². The quantitative estimate of drug-likeness (QED) is 0.611. The Morgan fingerprint density at radius 1 is 1.33 bits per heavy atom. The third-order valence-corrected chi connectivity index (χ3v) is 4.53. The third kappa shape index (κ3) is 4.71. The van der Waals surface area contributed by atoms with E-state index in [1.165, 1.54) is 11.3 Å². The van der Waals surface area contributed by atoms with Gasteiger partial charge in [0, 0.05) is 30.2 Å². The second-order valence-electron chi connectivity index (χ2n) is 4.50. The highest BCUT2D eigenvalue weighted by Crippen LogP contribution is 2.32. The summed E-state index contributed by atoms with van der Waals surface area (Å²) in [6.45, 7) is 0.0168. The number of hydrogen-bond donors (Lipinski definition) is 1. The van der Waals surface area contributed by atoms with Gasteiger partial charge in [-0.2, -0.15) is 13.2 Å². The van der Waals surface area contributed by atoms with Crippen molar-refractivity contribution >= 4 is 46.1 Å². The summed E-state index contributed by atoms with van der Waals surface area (Å²) >= 11 is 2.23. The van der Waals surface area contributed by atoms with Crippen LogP contribution in [-0.4, -0.2) is 41.1 Å². The van der Waals surface area contributed by atoms with Crippen LogP contribution in [0.25, 0.3) is 6.08 Å². The highest BCUT2D eigenvalue weighted by Gasteiger charge is 2.36. The number of allylic oxidation sites excluding steroid dienone is 1. The van der Waals surface area contributed by atoms with E-state index in [1.807, 2.05) is 17.5 Å². The number of imide groups is 1. The van der Waals surface area contributed by atoms with Gasteiger partial charge in [0.25, 0.3) is 16.9 Å². The zero-order chi connectivity index (χ0) is 17.7. The lowest BCUT2D eigenvalue weighted by Crippen LogP contribution is -2.34. The van der Waals surface area contributed by atoms with Gasteiger partial charge in [0.15, 0.2) is 0 Å². The molecule has 24 heavy (non-hydrogen) atoms. The zero-order valence-corrected chi connectivity index (χ0v) is 13.6. The number of carbonyl (C=O) groups is 3. The van der Waals surface area contributed by atoms with Gasteiger partial charge in [0.1, 0.15) is 0 Å². The number of hydrogen-bond acceptors (Lipinski definition) is 6. The topological polar surface area (TPSA) is 66.5 Å². The van der Waals surface area contributed by atoms with Crippen LogP contribution in [0.1, 0.15) is 4.88 Å². The van der Waals surface area contributed by atoms with Gasteiger partial charge in [-0.05, 0) is 29.3 Å². The molecule has 0 aromatic carbocycles. The van der Waals surface area contributed by atoms with E-state index in [2.05, 4.69) is 5.32 Å². The van der Waals surface area contributed by atoms with E-state index in [0.29, 0.717) is 11.0 Å². The molecule has 2 heterocycles. The van der Waals surface area contributed by atoms with E-state index in [1.54, 1.807) is 6.08 Å². The number of nitrogens with one attached hydrogen (secondary N) is 1. The lowest BCUT2D eigenvalue weighted by molar-refractivity contribution is -0.165. The van der Waals surface area contributed by atoms with Crippen molar-refractivity contribution in [2.24, 2.45) is 0 Å². The van der Waals surface area contributed by atoms with Gasteiger partial charge < -0.3 is 5.32 Å². The highest BCUT2D eigenvalue weighted by atomic mass is 32.2. The first-order valence-electron chi connectivity index (χ1n) is 6.59. The van der Waals surface area contributed by atoms with Crippen LogP contribution in [-0.2, 0) is 9.59 Å². The number of thioether (sulfide) groups is 1. The van der Waals surface area contributed by atoms with Crippen LogP contribution in [0.2, 0.25) is 0 Å². The van der Waals surface area contributed by atoms with Crippen LogP contribution in [0.5, 0.6) is 0 Å². The first kappa shape index (κ1) is 18.3. The summed E-state index contributed by atoms with van der Waals surface area (Å²) in [7, 11) is 0. The Labute approximate surface area is 143 Å². The SMILES string of the molecule is O=C1S/C(=C/c2cccs2)C(=O)N1CCN/C=C/C(=O)C(F)(F)F. The Morgan fingerprint density at radius 3 is 2.71 bits per heavy atom. The van der Waals surface area contributed by atoms with Crippen molar-refractivity contribution in [3.8, 4) is 0 Å². The summed E-state index contributed by atoms with van der Waals surface area (Å²) in [5.74, 6) is -2.43. The second kappa shape index (κ2) is 7.67. The van der Waals surface area contributed by atoms with Crippen molar-refractivity contribution in [3.63, 3.8) is 0 Å². The summed E-state index contributed by atoms with van der Waals surface area (Å²) in [4.78, 5) is 36.7. The third-order valence-electron chi connectivity index (χ3n) is 2.80. The Morgan fingerprint density at radius 2 is 2.08 bits per heavy atom. The summed E-state index contributed by atoms with van der Waals surface area (Å²) in [5, 5.41) is 3.84. The molecule has 128 valence electrons. The number of amides is 2. The summed E-state index contributed by atoms with van der Waals surface area (Å²) in [6.07, 6.45) is -2.11. The van der Waals surface area contributed by atoms with Crippen LogP contribution in [0.3, 0.4) is 0 Å². The highest BCUT2D eigenvalue weighted by molar-refractivity contribution is 8.18. The molecule has 0 atom stereocenters.